The predicted molar refractivity (Wildman–Crippen MR) is 184 cm³/mol. The van der Waals surface area contributed by atoms with Gasteiger partial charge in [-0.15, -0.1) is 0 Å². The van der Waals surface area contributed by atoms with E-state index in [2.05, 4.69) is 155 Å². The third-order valence-electron chi connectivity index (χ3n) is 8.69. The minimum Gasteiger partial charge on any atom is -0.438 e. The molecule has 0 saturated carbocycles. The Bertz CT molecular complexity index is 2490. The van der Waals surface area contributed by atoms with Crippen LogP contribution in [0.1, 0.15) is 0 Å². The SMILES string of the molecule is c1ccc(-c2ccc(N(c3ccc4c(c3)oc3ncccc34)c3ccc4ccc5ccc6ccccc6c5c4c3)cc2)cc1. The van der Waals surface area contributed by atoms with Crippen LogP contribution in [-0.2, 0) is 0 Å². The highest BCUT2D eigenvalue weighted by Crippen LogP contribution is 2.41. The van der Waals surface area contributed by atoms with Gasteiger partial charge in [0, 0.05) is 40.1 Å². The second-order valence-electron chi connectivity index (χ2n) is 11.2. The molecule has 0 fully saturated rings. The van der Waals surface area contributed by atoms with Gasteiger partial charge in [-0.2, -0.15) is 0 Å². The third kappa shape index (κ3) is 3.94. The monoisotopic (exact) mass is 562 g/mol. The molecule has 0 spiro atoms. The number of fused-ring (bicyclic) bond motifs is 8. The highest BCUT2D eigenvalue weighted by Gasteiger charge is 2.17. The Kier molecular flexibility index (Phi) is 5.50. The van der Waals surface area contributed by atoms with E-state index in [4.69, 9.17) is 4.42 Å². The molecule has 0 aliphatic heterocycles. The van der Waals surface area contributed by atoms with Gasteiger partial charge in [-0.3, -0.25) is 0 Å². The van der Waals surface area contributed by atoms with Gasteiger partial charge in [0.25, 0.3) is 0 Å². The van der Waals surface area contributed by atoms with Crippen molar-refractivity contribution >= 4 is 71.4 Å². The average Bonchev–Trinajstić information content (AvgIpc) is 3.47. The Morgan fingerprint density at radius 2 is 1.07 bits per heavy atom. The van der Waals surface area contributed by atoms with E-state index >= 15 is 0 Å². The Hall–Kier alpha value is -5.93. The van der Waals surface area contributed by atoms with Gasteiger partial charge in [0.2, 0.25) is 5.71 Å². The number of anilines is 3. The number of aromatic nitrogens is 1. The summed E-state index contributed by atoms with van der Waals surface area (Å²) in [6, 6.07) is 54.1. The van der Waals surface area contributed by atoms with E-state index in [1.54, 1.807) is 6.20 Å². The van der Waals surface area contributed by atoms with Crippen molar-refractivity contribution in [3.63, 3.8) is 0 Å². The van der Waals surface area contributed by atoms with Crippen LogP contribution in [0.25, 0.3) is 65.5 Å². The van der Waals surface area contributed by atoms with Crippen LogP contribution in [0.3, 0.4) is 0 Å². The first-order valence-corrected chi connectivity index (χ1v) is 14.9. The van der Waals surface area contributed by atoms with Crippen molar-refractivity contribution in [2.75, 3.05) is 4.90 Å². The van der Waals surface area contributed by atoms with Crippen LogP contribution in [0.4, 0.5) is 17.1 Å². The molecule has 2 heterocycles. The van der Waals surface area contributed by atoms with Crippen LogP contribution in [0, 0.1) is 0 Å². The molecule has 0 N–H and O–H groups in total. The molecule has 0 saturated heterocycles. The zero-order chi connectivity index (χ0) is 29.0. The standard InChI is InChI=1S/C41H26N2O/c1-2-7-27(8-3-1)28-16-19-32(20-17-28)43(34-22-23-36-37-11-6-24-42-41(37)44-39(36)26-34)33-21-18-30-13-15-31-14-12-29-9-4-5-10-35(29)40(31)38(30)25-33/h1-26H. The molecule has 7 aromatic carbocycles. The van der Waals surface area contributed by atoms with Crippen LogP contribution in [0.2, 0.25) is 0 Å². The molecule has 44 heavy (non-hydrogen) atoms. The summed E-state index contributed by atoms with van der Waals surface area (Å²) in [4.78, 5) is 6.77. The van der Waals surface area contributed by atoms with E-state index in [1.807, 2.05) is 6.07 Å². The minimum absolute atomic E-state index is 0.655. The van der Waals surface area contributed by atoms with Gasteiger partial charge in [-0.25, -0.2) is 4.98 Å². The molecule has 3 heteroatoms. The number of hydrogen-bond donors (Lipinski definition) is 0. The number of rotatable bonds is 4. The van der Waals surface area contributed by atoms with Crippen molar-refractivity contribution in [3.05, 3.63) is 158 Å². The van der Waals surface area contributed by atoms with E-state index in [0.29, 0.717) is 5.71 Å². The molecule has 3 nitrogen and oxygen atoms in total. The first-order chi connectivity index (χ1) is 21.8. The predicted octanol–water partition coefficient (Wildman–Crippen LogP) is 11.6. The van der Waals surface area contributed by atoms with Crippen molar-refractivity contribution in [2.24, 2.45) is 0 Å². The number of nitrogens with zero attached hydrogens (tertiary/aromatic N) is 2. The van der Waals surface area contributed by atoms with Gasteiger partial charge in [0.15, 0.2) is 0 Å². The summed E-state index contributed by atoms with van der Waals surface area (Å²) in [5, 5.41) is 9.57. The van der Waals surface area contributed by atoms with Crippen molar-refractivity contribution in [1.82, 2.24) is 4.98 Å². The van der Waals surface area contributed by atoms with Gasteiger partial charge >= 0.3 is 0 Å². The highest BCUT2D eigenvalue weighted by molar-refractivity contribution is 6.20. The molecule has 0 atom stereocenters. The van der Waals surface area contributed by atoms with Gasteiger partial charge in [0.05, 0.1) is 0 Å². The highest BCUT2D eigenvalue weighted by atomic mass is 16.3. The maximum absolute atomic E-state index is 6.23. The molecule has 0 aliphatic carbocycles. The van der Waals surface area contributed by atoms with Gasteiger partial charge in [0.1, 0.15) is 5.58 Å². The van der Waals surface area contributed by atoms with Crippen LogP contribution in [0.5, 0.6) is 0 Å². The van der Waals surface area contributed by atoms with E-state index < -0.39 is 0 Å². The summed E-state index contributed by atoms with van der Waals surface area (Å²) in [5.41, 5.74) is 7.03. The lowest BCUT2D eigenvalue weighted by atomic mass is 9.96. The molecule has 9 aromatic rings. The van der Waals surface area contributed by atoms with Crippen molar-refractivity contribution < 1.29 is 4.42 Å². The quantitative estimate of drug-likeness (QED) is 0.200. The second kappa shape index (κ2) is 9.82. The number of pyridine rings is 1. The summed E-state index contributed by atoms with van der Waals surface area (Å²) < 4.78 is 6.23. The van der Waals surface area contributed by atoms with Crippen LogP contribution in [-0.4, -0.2) is 4.98 Å². The summed E-state index contributed by atoms with van der Waals surface area (Å²) in [6.07, 6.45) is 1.77. The zero-order valence-electron chi connectivity index (χ0n) is 23.8. The first kappa shape index (κ1) is 24.6. The molecule has 0 radical (unpaired) electrons. The lowest BCUT2D eigenvalue weighted by molar-refractivity contribution is 0.654. The normalized spacial score (nSPS) is 11.6. The summed E-state index contributed by atoms with van der Waals surface area (Å²) >= 11 is 0. The topological polar surface area (TPSA) is 29.3 Å². The van der Waals surface area contributed by atoms with Crippen LogP contribution in [0.15, 0.2) is 162 Å². The maximum Gasteiger partial charge on any atom is 0.227 e. The maximum atomic E-state index is 6.23. The van der Waals surface area contributed by atoms with E-state index in [1.165, 1.54) is 43.4 Å². The lowest BCUT2D eigenvalue weighted by Crippen LogP contribution is -2.09. The smallest absolute Gasteiger partial charge is 0.227 e. The molecule has 0 aliphatic rings. The summed E-state index contributed by atoms with van der Waals surface area (Å²) in [5.74, 6) is 0. The van der Waals surface area contributed by atoms with Gasteiger partial charge in [-0.05, 0) is 92.0 Å². The zero-order valence-corrected chi connectivity index (χ0v) is 23.8. The lowest BCUT2D eigenvalue weighted by Gasteiger charge is -2.26. The van der Waals surface area contributed by atoms with E-state index in [0.717, 1.165) is 33.4 Å². The molecule has 0 amide bonds. The average molecular weight is 563 g/mol. The third-order valence-corrected chi connectivity index (χ3v) is 8.69. The number of hydrogen-bond acceptors (Lipinski definition) is 3. The van der Waals surface area contributed by atoms with Crippen molar-refractivity contribution in [2.45, 2.75) is 0 Å². The Morgan fingerprint density at radius 3 is 1.93 bits per heavy atom. The van der Waals surface area contributed by atoms with E-state index in [-0.39, 0.29) is 0 Å². The molecule has 0 bridgehead atoms. The Labute approximate surface area is 254 Å². The molecule has 206 valence electrons. The molecular formula is C41H26N2O. The Morgan fingerprint density at radius 1 is 0.432 bits per heavy atom. The molecular weight excluding hydrogens is 536 g/mol. The van der Waals surface area contributed by atoms with Crippen molar-refractivity contribution in [3.8, 4) is 11.1 Å². The van der Waals surface area contributed by atoms with Gasteiger partial charge < -0.3 is 9.32 Å². The van der Waals surface area contributed by atoms with Crippen LogP contribution >= 0.6 is 0 Å². The molecule has 0 unspecified atom stereocenters. The van der Waals surface area contributed by atoms with Crippen LogP contribution < -0.4 is 4.90 Å². The second-order valence-corrected chi connectivity index (χ2v) is 11.2. The first-order valence-electron chi connectivity index (χ1n) is 14.9. The van der Waals surface area contributed by atoms with Crippen molar-refractivity contribution in [1.29, 1.82) is 0 Å². The fourth-order valence-corrected chi connectivity index (χ4v) is 6.57. The largest absolute Gasteiger partial charge is 0.438 e. The molecule has 9 rings (SSSR count). The minimum atomic E-state index is 0.655. The summed E-state index contributed by atoms with van der Waals surface area (Å²) in [6.45, 7) is 0. The number of benzene rings is 7. The van der Waals surface area contributed by atoms with E-state index in [9.17, 15) is 0 Å². The fourth-order valence-electron chi connectivity index (χ4n) is 6.57. The molecule has 2 aromatic heterocycles. The van der Waals surface area contributed by atoms with Gasteiger partial charge in [-0.1, -0.05) is 97.1 Å². The Balaban J connectivity index is 1.27. The summed E-state index contributed by atoms with van der Waals surface area (Å²) in [7, 11) is 0. The fraction of sp³-hybridized carbons (Fsp3) is 0. The number of furan rings is 1.